The number of fused-ring (bicyclic) bond motifs is 1. The molecule has 3 aromatic rings. The molecule has 0 amide bonds. The van der Waals surface area contributed by atoms with Crippen LogP contribution in [0.3, 0.4) is 0 Å². The Hall–Kier alpha value is -3.01. The highest BCUT2D eigenvalue weighted by atomic mass is 16.5. The van der Waals surface area contributed by atoms with Gasteiger partial charge >= 0.3 is 6.01 Å². The lowest BCUT2D eigenvalue weighted by Gasteiger charge is -2.34. The monoisotopic (exact) mass is 439 g/mol. The van der Waals surface area contributed by atoms with E-state index in [1.807, 2.05) is 37.4 Å². The Morgan fingerprint density at radius 2 is 2.09 bits per heavy atom. The molecule has 1 aliphatic rings. The summed E-state index contributed by atoms with van der Waals surface area (Å²) >= 11 is 0. The molecule has 0 radical (unpaired) electrons. The number of hydrogen-bond donors (Lipinski definition) is 2. The molecule has 32 heavy (non-hydrogen) atoms. The molecule has 0 unspecified atom stereocenters. The Bertz CT molecular complexity index is 1080. The highest BCUT2D eigenvalue weighted by molar-refractivity contribution is 5.89. The predicted molar refractivity (Wildman–Crippen MR) is 122 cm³/mol. The van der Waals surface area contributed by atoms with Crippen LogP contribution in [0.15, 0.2) is 30.3 Å². The minimum absolute atomic E-state index is 0.116. The van der Waals surface area contributed by atoms with Crippen molar-refractivity contribution in [1.29, 1.82) is 0 Å². The van der Waals surface area contributed by atoms with Gasteiger partial charge in [0.2, 0.25) is 0 Å². The lowest BCUT2D eigenvalue weighted by Crippen LogP contribution is -2.44. The maximum atomic E-state index is 9.68. The summed E-state index contributed by atoms with van der Waals surface area (Å²) in [5.41, 5.74) is 2.88. The van der Waals surface area contributed by atoms with Gasteiger partial charge in [-0.05, 0) is 44.3 Å². The van der Waals surface area contributed by atoms with Crippen molar-refractivity contribution < 1.29 is 19.3 Å². The van der Waals surface area contributed by atoms with Gasteiger partial charge in [0.05, 0.1) is 44.1 Å². The largest absolute Gasteiger partial charge is 0.496 e. The summed E-state index contributed by atoms with van der Waals surface area (Å²) in [5, 5.41) is 13.6. The number of benzene rings is 1. The van der Waals surface area contributed by atoms with E-state index in [2.05, 4.69) is 22.1 Å². The van der Waals surface area contributed by atoms with Crippen LogP contribution in [0.1, 0.15) is 12.5 Å². The molecule has 0 bridgehead atoms. The number of ether oxygens (including phenoxy) is 3. The molecular formula is C23H29N5O4. The quantitative estimate of drug-likeness (QED) is 0.510. The fraction of sp³-hybridized carbons (Fsp3) is 0.435. The number of aromatic nitrogens is 3. The number of rotatable bonds is 8. The van der Waals surface area contributed by atoms with Crippen molar-refractivity contribution in [2.45, 2.75) is 19.6 Å². The number of nitrogens with one attached hydrogen (secondary N) is 1. The second-order valence-corrected chi connectivity index (χ2v) is 7.65. The van der Waals surface area contributed by atoms with Crippen molar-refractivity contribution in [3.8, 4) is 23.0 Å². The van der Waals surface area contributed by atoms with Crippen molar-refractivity contribution >= 4 is 16.9 Å². The van der Waals surface area contributed by atoms with Crippen LogP contribution in [0.25, 0.3) is 22.3 Å². The number of morpholine rings is 1. The molecule has 3 heterocycles. The summed E-state index contributed by atoms with van der Waals surface area (Å²) in [4.78, 5) is 16.3. The lowest BCUT2D eigenvalue weighted by molar-refractivity contribution is 0.0986. The molecule has 1 aliphatic heterocycles. The van der Waals surface area contributed by atoms with E-state index < -0.39 is 0 Å². The first-order valence-electron chi connectivity index (χ1n) is 10.7. The molecule has 0 aliphatic carbocycles. The van der Waals surface area contributed by atoms with Gasteiger partial charge in [0.15, 0.2) is 5.65 Å². The van der Waals surface area contributed by atoms with Crippen molar-refractivity contribution in [2.75, 3.05) is 52.0 Å². The minimum Gasteiger partial charge on any atom is -0.496 e. The number of pyridine rings is 1. The third-order valence-corrected chi connectivity index (χ3v) is 5.49. The number of aliphatic hydroxyl groups excluding tert-OH is 1. The van der Waals surface area contributed by atoms with E-state index in [1.165, 1.54) is 0 Å². The Morgan fingerprint density at radius 3 is 2.84 bits per heavy atom. The molecule has 9 nitrogen and oxygen atoms in total. The van der Waals surface area contributed by atoms with E-state index >= 15 is 0 Å². The summed E-state index contributed by atoms with van der Waals surface area (Å²) in [6.45, 7) is 5.17. The van der Waals surface area contributed by atoms with Gasteiger partial charge in [-0.3, -0.25) is 0 Å². The molecule has 4 rings (SSSR count). The van der Waals surface area contributed by atoms with E-state index in [-0.39, 0.29) is 12.6 Å². The SMILES string of the molecule is CNCCOc1nc(N2CCOC[C@@H]2C)c2ccc(-c3ccc(OC)c(CO)c3)nc2n1. The van der Waals surface area contributed by atoms with E-state index in [9.17, 15) is 5.11 Å². The van der Waals surface area contributed by atoms with Crippen LogP contribution >= 0.6 is 0 Å². The topological polar surface area (TPSA) is 102 Å². The number of methoxy groups -OCH3 is 1. The molecule has 9 heteroatoms. The molecule has 170 valence electrons. The molecule has 1 atom stereocenters. The fourth-order valence-corrected chi connectivity index (χ4v) is 3.77. The first-order chi connectivity index (χ1) is 15.6. The second kappa shape index (κ2) is 10.1. The molecule has 2 aromatic heterocycles. The van der Waals surface area contributed by atoms with E-state index in [0.717, 1.165) is 29.0 Å². The van der Waals surface area contributed by atoms with Crippen LogP contribution in [0.4, 0.5) is 5.82 Å². The van der Waals surface area contributed by atoms with Crippen LogP contribution in [-0.2, 0) is 11.3 Å². The van der Waals surface area contributed by atoms with E-state index in [4.69, 9.17) is 24.2 Å². The van der Waals surface area contributed by atoms with E-state index in [0.29, 0.717) is 49.3 Å². The van der Waals surface area contributed by atoms with Crippen LogP contribution in [0, 0.1) is 0 Å². The standard InChI is InChI=1S/C23H29N5O4/c1-15-14-31-11-9-28(15)22-18-5-6-19(16-4-7-20(30-3)17(12-16)13-29)25-21(18)26-23(27-22)32-10-8-24-2/h4-7,12,15,24,29H,8-11,13-14H2,1-3H3/t15-/m0/s1. The smallest absolute Gasteiger partial charge is 0.320 e. The highest BCUT2D eigenvalue weighted by Crippen LogP contribution is 2.31. The maximum absolute atomic E-state index is 9.68. The fourth-order valence-electron chi connectivity index (χ4n) is 3.77. The Balaban J connectivity index is 1.78. The van der Waals surface area contributed by atoms with Crippen LogP contribution in [0.2, 0.25) is 0 Å². The Morgan fingerprint density at radius 1 is 1.22 bits per heavy atom. The zero-order valence-electron chi connectivity index (χ0n) is 18.7. The molecule has 0 saturated carbocycles. The van der Waals surface area contributed by atoms with Gasteiger partial charge in [-0.25, -0.2) is 4.98 Å². The summed E-state index contributed by atoms with van der Waals surface area (Å²) in [6, 6.07) is 10.1. The average Bonchev–Trinajstić information content (AvgIpc) is 2.83. The number of anilines is 1. The molecule has 0 spiro atoms. The van der Waals surface area contributed by atoms with E-state index in [1.54, 1.807) is 7.11 Å². The zero-order chi connectivity index (χ0) is 22.5. The number of hydrogen-bond acceptors (Lipinski definition) is 9. The van der Waals surface area contributed by atoms with Crippen LogP contribution < -0.4 is 19.7 Å². The number of aliphatic hydroxyl groups is 1. The highest BCUT2D eigenvalue weighted by Gasteiger charge is 2.24. The first-order valence-corrected chi connectivity index (χ1v) is 10.7. The normalized spacial score (nSPS) is 16.4. The Kier molecular flexibility index (Phi) is 6.99. The van der Waals surface area contributed by atoms with Crippen molar-refractivity contribution in [2.24, 2.45) is 0 Å². The van der Waals surface area contributed by atoms with Crippen molar-refractivity contribution in [3.63, 3.8) is 0 Å². The van der Waals surface area contributed by atoms with Crippen molar-refractivity contribution in [1.82, 2.24) is 20.3 Å². The lowest BCUT2D eigenvalue weighted by atomic mass is 10.1. The van der Waals surface area contributed by atoms with Gasteiger partial charge in [0.25, 0.3) is 0 Å². The maximum Gasteiger partial charge on any atom is 0.320 e. The third-order valence-electron chi connectivity index (χ3n) is 5.49. The molecular weight excluding hydrogens is 410 g/mol. The van der Waals surface area contributed by atoms with Gasteiger partial charge in [0.1, 0.15) is 18.2 Å². The summed E-state index contributed by atoms with van der Waals surface area (Å²) in [6.07, 6.45) is 0. The Labute approximate surface area is 187 Å². The van der Waals surface area contributed by atoms with Crippen LogP contribution in [0.5, 0.6) is 11.8 Å². The summed E-state index contributed by atoms with van der Waals surface area (Å²) < 4.78 is 16.7. The molecule has 1 aromatic carbocycles. The predicted octanol–water partition coefficient (Wildman–Crippen LogP) is 2.02. The van der Waals surface area contributed by atoms with Crippen LogP contribution in [-0.4, -0.2) is 73.2 Å². The molecule has 1 saturated heterocycles. The first kappa shape index (κ1) is 22.2. The van der Waals surface area contributed by atoms with Gasteiger partial charge < -0.3 is 29.5 Å². The third kappa shape index (κ3) is 4.59. The number of likely N-dealkylation sites (N-methyl/N-ethyl adjacent to an activating group) is 1. The van der Waals surface area contributed by atoms with Gasteiger partial charge in [-0.1, -0.05) is 0 Å². The van der Waals surface area contributed by atoms with Gasteiger partial charge in [-0.2, -0.15) is 9.97 Å². The average molecular weight is 440 g/mol. The van der Waals surface area contributed by atoms with Gasteiger partial charge in [-0.15, -0.1) is 0 Å². The zero-order valence-corrected chi connectivity index (χ0v) is 18.7. The number of nitrogens with zero attached hydrogens (tertiary/aromatic N) is 4. The summed E-state index contributed by atoms with van der Waals surface area (Å²) in [5.74, 6) is 1.44. The molecule has 1 fully saturated rings. The second-order valence-electron chi connectivity index (χ2n) is 7.65. The summed E-state index contributed by atoms with van der Waals surface area (Å²) in [7, 11) is 3.46. The minimum atomic E-state index is -0.116. The van der Waals surface area contributed by atoms with Crippen molar-refractivity contribution in [3.05, 3.63) is 35.9 Å². The van der Waals surface area contributed by atoms with Gasteiger partial charge in [0, 0.05) is 24.2 Å². The molecule has 2 N–H and O–H groups in total.